The fourth-order valence-corrected chi connectivity index (χ4v) is 4.24. The molecule has 0 bridgehead atoms. The van der Waals surface area contributed by atoms with E-state index in [9.17, 15) is 9.59 Å². The maximum atomic E-state index is 12.5. The van der Waals surface area contributed by atoms with Crippen LogP contribution in [-0.4, -0.2) is 28.8 Å². The van der Waals surface area contributed by atoms with E-state index in [0.717, 1.165) is 34.9 Å². The first-order valence-electron chi connectivity index (χ1n) is 7.48. The number of hydrogen-bond donors (Lipinski definition) is 1. The third-order valence-corrected chi connectivity index (χ3v) is 5.51. The van der Waals surface area contributed by atoms with Gasteiger partial charge in [-0.2, -0.15) is 0 Å². The molecule has 0 radical (unpaired) electrons. The average molecular weight is 327 g/mol. The molecule has 3 rings (SSSR count). The summed E-state index contributed by atoms with van der Waals surface area (Å²) in [6, 6.07) is 3.54. The van der Waals surface area contributed by atoms with Crippen LogP contribution in [0.15, 0.2) is 12.1 Å². The lowest BCUT2D eigenvalue weighted by atomic mass is 9.94. The molecule has 1 saturated carbocycles. The van der Waals surface area contributed by atoms with Crippen molar-refractivity contribution in [3.05, 3.63) is 21.3 Å². The number of carbonyl (C=O) groups excluding carboxylic acids is 2. The summed E-state index contributed by atoms with van der Waals surface area (Å²) in [6.45, 7) is 0.583. The zero-order valence-electron chi connectivity index (χ0n) is 11.8. The standard InChI is InChI=1S/C15H19ClN2O2S/c16-13-7-6-11(21-13)9-17-12-8-14(19)18(15(12)20)10-4-2-1-3-5-10/h6-7,10,12,17H,1-5,8-9H2. The second-order valence-electron chi connectivity index (χ2n) is 5.74. The molecule has 1 aromatic rings. The first kappa shape index (κ1) is 15.0. The zero-order valence-corrected chi connectivity index (χ0v) is 13.4. The number of amides is 2. The van der Waals surface area contributed by atoms with E-state index in [1.165, 1.54) is 22.7 Å². The van der Waals surface area contributed by atoms with Crippen LogP contribution >= 0.6 is 22.9 Å². The Hall–Kier alpha value is -0.910. The number of imide groups is 1. The van der Waals surface area contributed by atoms with Crippen LogP contribution in [0.25, 0.3) is 0 Å². The van der Waals surface area contributed by atoms with Gasteiger partial charge < -0.3 is 5.32 Å². The first-order valence-corrected chi connectivity index (χ1v) is 8.68. The zero-order chi connectivity index (χ0) is 14.8. The van der Waals surface area contributed by atoms with Gasteiger partial charge in [-0.25, -0.2) is 0 Å². The van der Waals surface area contributed by atoms with Crippen LogP contribution in [-0.2, 0) is 16.1 Å². The lowest BCUT2D eigenvalue weighted by Crippen LogP contribution is -2.44. The Morgan fingerprint density at radius 1 is 1.24 bits per heavy atom. The summed E-state index contributed by atoms with van der Waals surface area (Å²) in [5.41, 5.74) is 0. The molecule has 4 nitrogen and oxygen atoms in total. The number of rotatable bonds is 4. The summed E-state index contributed by atoms with van der Waals surface area (Å²) in [5.74, 6) is -0.0665. The van der Waals surface area contributed by atoms with Crippen LogP contribution in [0.1, 0.15) is 43.4 Å². The highest BCUT2D eigenvalue weighted by Gasteiger charge is 2.42. The number of nitrogens with zero attached hydrogens (tertiary/aromatic N) is 1. The minimum absolute atomic E-state index is 0.0198. The highest BCUT2D eigenvalue weighted by molar-refractivity contribution is 7.16. The van der Waals surface area contributed by atoms with Crippen molar-refractivity contribution in [1.29, 1.82) is 0 Å². The molecule has 1 saturated heterocycles. The van der Waals surface area contributed by atoms with E-state index in [-0.39, 0.29) is 30.3 Å². The molecule has 2 heterocycles. The molecule has 1 atom stereocenters. The van der Waals surface area contributed by atoms with Gasteiger partial charge in [0.1, 0.15) is 0 Å². The minimum atomic E-state index is -0.375. The fraction of sp³-hybridized carbons (Fsp3) is 0.600. The van der Waals surface area contributed by atoms with Gasteiger partial charge in [-0.15, -0.1) is 11.3 Å². The number of carbonyl (C=O) groups is 2. The van der Waals surface area contributed by atoms with Gasteiger partial charge in [0.25, 0.3) is 0 Å². The Morgan fingerprint density at radius 3 is 2.67 bits per heavy atom. The van der Waals surface area contributed by atoms with Gasteiger partial charge in [-0.1, -0.05) is 30.9 Å². The van der Waals surface area contributed by atoms with E-state index in [0.29, 0.717) is 6.54 Å². The molecule has 2 fully saturated rings. The SMILES string of the molecule is O=C1CC(NCc2ccc(Cl)s2)C(=O)N1C1CCCCC1. The highest BCUT2D eigenvalue weighted by atomic mass is 35.5. The number of nitrogens with one attached hydrogen (secondary N) is 1. The van der Waals surface area contributed by atoms with E-state index in [1.54, 1.807) is 0 Å². The maximum Gasteiger partial charge on any atom is 0.247 e. The van der Waals surface area contributed by atoms with E-state index < -0.39 is 0 Å². The van der Waals surface area contributed by atoms with Crippen LogP contribution in [0.3, 0.4) is 0 Å². The van der Waals surface area contributed by atoms with Crippen molar-refractivity contribution in [3.63, 3.8) is 0 Å². The van der Waals surface area contributed by atoms with Crippen molar-refractivity contribution in [1.82, 2.24) is 10.2 Å². The predicted octanol–water partition coefficient (Wildman–Crippen LogP) is 2.95. The lowest BCUT2D eigenvalue weighted by Gasteiger charge is -2.29. The van der Waals surface area contributed by atoms with Crippen LogP contribution < -0.4 is 5.32 Å². The van der Waals surface area contributed by atoms with Gasteiger partial charge >= 0.3 is 0 Å². The summed E-state index contributed by atoms with van der Waals surface area (Å²) in [5, 5.41) is 3.20. The van der Waals surface area contributed by atoms with Gasteiger partial charge in [0, 0.05) is 17.5 Å². The number of likely N-dealkylation sites (tertiary alicyclic amines) is 1. The van der Waals surface area contributed by atoms with Crippen LogP contribution in [0, 0.1) is 0 Å². The van der Waals surface area contributed by atoms with Gasteiger partial charge in [0.2, 0.25) is 11.8 Å². The van der Waals surface area contributed by atoms with Crippen LogP contribution in [0.2, 0.25) is 4.34 Å². The molecular formula is C15H19ClN2O2S. The summed E-state index contributed by atoms with van der Waals surface area (Å²) in [6.07, 6.45) is 5.67. The molecule has 1 aromatic heterocycles. The Morgan fingerprint density at radius 2 is 2.00 bits per heavy atom. The van der Waals surface area contributed by atoms with Gasteiger partial charge in [0.15, 0.2) is 0 Å². The largest absolute Gasteiger partial charge is 0.300 e. The predicted molar refractivity (Wildman–Crippen MR) is 83.3 cm³/mol. The fourth-order valence-electron chi connectivity index (χ4n) is 3.20. The van der Waals surface area contributed by atoms with E-state index >= 15 is 0 Å². The molecule has 1 N–H and O–H groups in total. The molecule has 0 aromatic carbocycles. The van der Waals surface area contributed by atoms with Gasteiger partial charge in [0.05, 0.1) is 16.8 Å². The molecular weight excluding hydrogens is 308 g/mol. The molecule has 6 heteroatoms. The van der Waals surface area contributed by atoms with E-state index in [1.807, 2.05) is 12.1 Å². The molecule has 21 heavy (non-hydrogen) atoms. The second-order valence-corrected chi connectivity index (χ2v) is 7.54. The van der Waals surface area contributed by atoms with E-state index in [2.05, 4.69) is 5.32 Å². The van der Waals surface area contributed by atoms with Crippen molar-refractivity contribution in [2.75, 3.05) is 0 Å². The lowest BCUT2D eigenvalue weighted by molar-refractivity contribution is -0.142. The Bertz CT molecular complexity index is 540. The Balaban J connectivity index is 1.60. The summed E-state index contributed by atoms with van der Waals surface area (Å²) < 4.78 is 0.740. The highest BCUT2D eigenvalue weighted by Crippen LogP contribution is 2.28. The third kappa shape index (κ3) is 3.30. The smallest absolute Gasteiger partial charge is 0.247 e. The summed E-state index contributed by atoms with van der Waals surface area (Å²) >= 11 is 7.39. The van der Waals surface area contributed by atoms with Crippen LogP contribution in [0.4, 0.5) is 0 Å². The molecule has 2 amide bonds. The van der Waals surface area contributed by atoms with Crippen molar-refractivity contribution < 1.29 is 9.59 Å². The summed E-state index contributed by atoms with van der Waals surface area (Å²) in [7, 11) is 0. The van der Waals surface area contributed by atoms with Gasteiger partial charge in [-0.3, -0.25) is 14.5 Å². The molecule has 1 unspecified atom stereocenters. The quantitative estimate of drug-likeness (QED) is 0.865. The Kier molecular flexibility index (Phi) is 4.62. The molecule has 1 aliphatic heterocycles. The molecule has 2 aliphatic rings. The molecule has 1 aliphatic carbocycles. The average Bonchev–Trinajstić information content (AvgIpc) is 3.01. The van der Waals surface area contributed by atoms with Crippen LogP contribution in [0.5, 0.6) is 0 Å². The van der Waals surface area contributed by atoms with Crippen molar-refractivity contribution in [2.45, 2.75) is 57.2 Å². The topological polar surface area (TPSA) is 49.4 Å². The van der Waals surface area contributed by atoms with Crippen molar-refractivity contribution >= 4 is 34.8 Å². The van der Waals surface area contributed by atoms with Gasteiger partial charge in [-0.05, 0) is 25.0 Å². The maximum absolute atomic E-state index is 12.5. The third-order valence-electron chi connectivity index (χ3n) is 4.27. The molecule has 114 valence electrons. The number of halogens is 1. The normalized spacial score (nSPS) is 24.0. The Labute approximate surface area is 133 Å². The molecule has 0 spiro atoms. The second kappa shape index (κ2) is 6.46. The summed E-state index contributed by atoms with van der Waals surface area (Å²) in [4.78, 5) is 27.2. The monoisotopic (exact) mass is 326 g/mol. The number of thiophene rings is 1. The first-order chi connectivity index (χ1) is 10.1. The number of hydrogen-bond acceptors (Lipinski definition) is 4. The van der Waals surface area contributed by atoms with E-state index in [4.69, 9.17) is 11.6 Å². The van der Waals surface area contributed by atoms with Crippen molar-refractivity contribution in [3.8, 4) is 0 Å². The minimum Gasteiger partial charge on any atom is -0.300 e. The van der Waals surface area contributed by atoms with Crippen molar-refractivity contribution in [2.24, 2.45) is 0 Å².